The van der Waals surface area contributed by atoms with Crippen molar-refractivity contribution in [1.29, 1.82) is 0 Å². The number of hydrogen-bond donors (Lipinski definition) is 2. The first kappa shape index (κ1) is 19.1. The molecular formula is C22H25N5O2. The standard InChI is InChI=1S/C22H25N5O2/c1-14(2)20(21-26-25-18-11-5-6-13-27(18)21)24-19(28)12-7-9-16-15-8-3-4-10-17(15)23-22(16)29/h3-6,8,10-11,13-14,16,20H,7,9,12H2,1-2H3,(H,23,29)(H,24,28). The van der Waals surface area contributed by atoms with Gasteiger partial charge in [-0.3, -0.25) is 14.0 Å². The summed E-state index contributed by atoms with van der Waals surface area (Å²) < 4.78 is 1.91. The van der Waals surface area contributed by atoms with E-state index in [0.717, 1.165) is 22.7 Å². The SMILES string of the molecule is CC(C)C(NC(=O)CCCC1C(=O)Nc2ccccc21)c1nnc2ccccn12. The number of anilines is 1. The maximum atomic E-state index is 12.6. The van der Waals surface area contributed by atoms with Crippen LogP contribution in [0.25, 0.3) is 5.65 Å². The van der Waals surface area contributed by atoms with E-state index < -0.39 is 0 Å². The first-order valence-corrected chi connectivity index (χ1v) is 10.0. The third-order valence-corrected chi connectivity index (χ3v) is 5.41. The lowest BCUT2D eigenvalue weighted by molar-refractivity contribution is -0.123. The van der Waals surface area contributed by atoms with Crippen molar-refractivity contribution in [2.45, 2.75) is 45.1 Å². The first-order chi connectivity index (χ1) is 14.0. The summed E-state index contributed by atoms with van der Waals surface area (Å²) in [5.74, 6) is 0.692. The van der Waals surface area contributed by atoms with Crippen molar-refractivity contribution in [2.24, 2.45) is 5.92 Å². The van der Waals surface area contributed by atoms with Gasteiger partial charge in [0, 0.05) is 18.3 Å². The molecule has 0 saturated carbocycles. The molecule has 0 spiro atoms. The molecular weight excluding hydrogens is 366 g/mol. The second-order valence-corrected chi connectivity index (χ2v) is 7.80. The van der Waals surface area contributed by atoms with Gasteiger partial charge in [-0.25, -0.2) is 0 Å². The van der Waals surface area contributed by atoms with E-state index in [2.05, 4.69) is 34.7 Å². The van der Waals surface area contributed by atoms with Gasteiger partial charge >= 0.3 is 0 Å². The summed E-state index contributed by atoms with van der Waals surface area (Å²) in [7, 11) is 0. The number of carbonyl (C=O) groups is 2. The fourth-order valence-corrected chi connectivity index (χ4v) is 3.88. The third-order valence-electron chi connectivity index (χ3n) is 5.41. The van der Waals surface area contributed by atoms with Crippen LogP contribution in [0.1, 0.15) is 56.5 Å². The molecule has 7 nitrogen and oxygen atoms in total. The van der Waals surface area contributed by atoms with E-state index in [4.69, 9.17) is 0 Å². The lowest BCUT2D eigenvalue weighted by atomic mass is 9.94. The molecule has 2 atom stereocenters. The van der Waals surface area contributed by atoms with Gasteiger partial charge in [-0.15, -0.1) is 10.2 Å². The van der Waals surface area contributed by atoms with Crippen LogP contribution >= 0.6 is 0 Å². The highest BCUT2D eigenvalue weighted by atomic mass is 16.2. The molecule has 4 rings (SSSR count). The van der Waals surface area contributed by atoms with E-state index in [0.29, 0.717) is 19.3 Å². The number of carbonyl (C=O) groups excluding carboxylic acids is 2. The van der Waals surface area contributed by atoms with Gasteiger partial charge in [-0.2, -0.15) is 0 Å². The number of aromatic nitrogens is 3. The quantitative estimate of drug-likeness (QED) is 0.646. The summed E-state index contributed by atoms with van der Waals surface area (Å²) in [6.07, 6.45) is 3.56. The highest BCUT2D eigenvalue weighted by molar-refractivity contribution is 6.02. The summed E-state index contributed by atoms with van der Waals surface area (Å²) in [6.45, 7) is 4.10. The zero-order valence-corrected chi connectivity index (χ0v) is 16.6. The molecule has 29 heavy (non-hydrogen) atoms. The fourth-order valence-electron chi connectivity index (χ4n) is 3.88. The zero-order chi connectivity index (χ0) is 20.4. The van der Waals surface area contributed by atoms with Gasteiger partial charge < -0.3 is 10.6 Å². The Balaban J connectivity index is 1.38. The maximum absolute atomic E-state index is 12.6. The van der Waals surface area contributed by atoms with Crippen molar-refractivity contribution < 1.29 is 9.59 Å². The second-order valence-electron chi connectivity index (χ2n) is 7.80. The molecule has 0 saturated heterocycles. The summed E-state index contributed by atoms with van der Waals surface area (Å²) in [6, 6.07) is 13.2. The number of nitrogens with zero attached hydrogens (tertiary/aromatic N) is 3. The highest BCUT2D eigenvalue weighted by Crippen LogP contribution is 2.35. The van der Waals surface area contributed by atoms with Crippen molar-refractivity contribution in [1.82, 2.24) is 19.9 Å². The van der Waals surface area contributed by atoms with E-state index >= 15 is 0 Å². The molecule has 1 aromatic carbocycles. The molecule has 0 bridgehead atoms. The number of benzene rings is 1. The van der Waals surface area contributed by atoms with Crippen molar-refractivity contribution in [3.8, 4) is 0 Å². The van der Waals surface area contributed by atoms with E-state index in [1.165, 1.54) is 0 Å². The Morgan fingerprint density at radius 1 is 1.17 bits per heavy atom. The minimum Gasteiger partial charge on any atom is -0.346 e. The predicted molar refractivity (Wildman–Crippen MR) is 110 cm³/mol. The average Bonchev–Trinajstić information content (AvgIpc) is 3.27. The largest absolute Gasteiger partial charge is 0.346 e. The normalized spacial score (nSPS) is 16.7. The van der Waals surface area contributed by atoms with Crippen molar-refractivity contribution >= 4 is 23.1 Å². The van der Waals surface area contributed by atoms with Crippen LogP contribution in [0.3, 0.4) is 0 Å². The van der Waals surface area contributed by atoms with Crippen LogP contribution in [-0.4, -0.2) is 26.4 Å². The highest BCUT2D eigenvalue weighted by Gasteiger charge is 2.30. The Morgan fingerprint density at radius 3 is 2.79 bits per heavy atom. The van der Waals surface area contributed by atoms with Gasteiger partial charge in [-0.1, -0.05) is 38.1 Å². The fraction of sp³-hybridized carbons (Fsp3) is 0.364. The number of rotatable bonds is 7. The van der Waals surface area contributed by atoms with Gasteiger partial charge in [0.1, 0.15) is 0 Å². The topological polar surface area (TPSA) is 88.4 Å². The second kappa shape index (κ2) is 8.03. The van der Waals surface area contributed by atoms with Crippen LogP contribution < -0.4 is 10.6 Å². The Labute approximate surface area is 169 Å². The van der Waals surface area contributed by atoms with E-state index in [9.17, 15) is 9.59 Å². The van der Waals surface area contributed by atoms with Crippen LogP contribution in [0, 0.1) is 5.92 Å². The molecule has 1 aliphatic heterocycles. The summed E-state index contributed by atoms with van der Waals surface area (Å²) >= 11 is 0. The van der Waals surface area contributed by atoms with E-state index in [-0.39, 0.29) is 29.7 Å². The monoisotopic (exact) mass is 391 g/mol. The van der Waals surface area contributed by atoms with Crippen molar-refractivity contribution in [2.75, 3.05) is 5.32 Å². The predicted octanol–water partition coefficient (Wildman–Crippen LogP) is 3.45. The minimum atomic E-state index is -0.226. The number of nitrogens with one attached hydrogen (secondary N) is 2. The molecule has 0 fully saturated rings. The van der Waals surface area contributed by atoms with Gasteiger partial charge in [-0.05, 0) is 42.5 Å². The summed E-state index contributed by atoms with van der Waals surface area (Å²) in [5, 5.41) is 14.5. The minimum absolute atomic E-state index is 0.0154. The molecule has 1 aliphatic rings. The van der Waals surface area contributed by atoms with E-state index in [1.54, 1.807) is 0 Å². The zero-order valence-electron chi connectivity index (χ0n) is 16.6. The lowest BCUT2D eigenvalue weighted by Crippen LogP contribution is -2.33. The van der Waals surface area contributed by atoms with Crippen LogP contribution in [-0.2, 0) is 9.59 Å². The van der Waals surface area contributed by atoms with Crippen LogP contribution in [0.5, 0.6) is 0 Å². The number of fused-ring (bicyclic) bond motifs is 2. The van der Waals surface area contributed by atoms with Crippen molar-refractivity contribution in [3.63, 3.8) is 0 Å². The number of hydrogen-bond acceptors (Lipinski definition) is 4. The number of para-hydroxylation sites is 1. The lowest BCUT2D eigenvalue weighted by Gasteiger charge is -2.21. The molecule has 3 aromatic rings. The van der Waals surface area contributed by atoms with Gasteiger partial charge in [0.25, 0.3) is 0 Å². The molecule has 7 heteroatoms. The molecule has 0 aliphatic carbocycles. The smallest absolute Gasteiger partial charge is 0.232 e. The maximum Gasteiger partial charge on any atom is 0.232 e. The van der Waals surface area contributed by atoms with Gasteiger partial charge in [0.15, 0.2) is 11.5 Å². The van der Waals surface area contributed by atoms with Crippen LogP contribution in [0.15, 0.2) is 48.7 Å². The molecule has 2 aromatic heterocycles. The molecule has 3 heterocycles. The first-order valence-electron chi connectivity index (χ1n) is 10.0. The molecule has 2 N–H and O–H groups in total. The Kier molecular flexibility index (Phi) is 5.29. The third kappa shape index (κ3) is 3.85. The molecule has 2 amide bonds. The number of amides is 2. The molecule has 0 radical (unpaired) electrons. The molecule has 150 valence electrons. The van der Waals surface area contributed by atoms with E-state index in [1.807, 2.05) is 53.1 Å². The van der Waals surface area contributed by atoms with Gasteiger partial charge in [0.05, 0.1) is 12.0 Å². The van der Waals surface area contributed by atoms with Crippen LogP contribution in [0.2, 0.25) is 0 Å². The summed E-state index contributed by atoms with van der Waals surface area (Å²) in [5.41, 5.74) is 2.66. The number of pyridine rings is 1. The average molecular weight is 391 g/mol. The van der Waals surface area contributed by atoms with Crippen LogP contribution in [0.4, 0.5) is 5.69 Å². The summed E-state index contributed by atoms with van der Waals surface area (Å²) in [4.78, 5) is 24.8. The Morgan fingerprint density at radius 2 is 1.97 bits per heavy atom. The Hall–Kier alpha value is -3.22. The van der Waals surface area contributed by atoms with Gasteiger partial charge in [0.2, 0.25) is 11.8 Å². The molecule has 2 unspecified atom stereocenters. The van der Waals surface area contributed by atoms with Crippen molar-refractivity contribution in [3.05, 3.63) is 60.0 Å². The Bertz CT molecular complexity index is 1040.